The van der Waals surface area contributed by atoms with Crippen LogP contribution in [0.5, 0.6) is 0 Å². The van der Waals surface area contributed by atoms with Crippen molar-refractivity contribution < 1.29 is 0 Å². The lowest BCUT2D eigenvalue weighted by atomic mass is 10.2. The number of anilines is 1. The van der Waals surface area contributed by atoms with E-state index in [2.05, 4.69) is 67.8 Å². The lowest BCUT2D eigenvalue weighted by Crippen LogP contribution is -2.45. The minimum Gasteiger partial charge on any atom is -0.369 e. The molecule has 24 heavy (non-hydrogen) atoms. The van der Waals surface area contributed by atoms with E-state index in [4.69, 9.17) is 11.6 Å². The number of halogens is 2. The molecule has 0 bridgehead atoms. The second-order valence-corrected chi connectivity index (χ2v) is 7.60. The van der Waals surface area contributed by atoms with Crippen LogP contribution in [0, 0.1) is 3.70 Å². The second kappa shape index (κ2) is 6.90. The van der Waals surface area contributed by atoms with Crippen molar-refractivity contribution in [3.8, 4) is 0 Å². The zero-order chi connectivity index (χ0) is 16.5. The van der Waals surface area contributed by atoms with Gasteiger partial charge in [-0.1, -0.05) is 17.7 Å². The van der Waals surface area contributed by atoms with E-state index in [9.17, 15) is 0 Å². The second-order valence-electron chi connectivity index (χ2n) is 6.05. The Hall–Kier alpha value is -1.31. The highest BCUT2D eigenvalue weighted by Gasteiger charge is 2.18. The van der Waals surface area contributed by atoms with Crippen LogP contribution in [0.4, 0.5) is 5.69 Å². The minimum absolute atomic E-state index is 0.792. The summed E-state index contributed by atoms with van der Waals surface area (Å²) < 4.78 is 3.16. The molecular weight excluding hydrogens is 439 g/mol. The molecule has 4 nitrogen and oxygen atoms in total. The summed E-state index contributed by atoms with van der Waals surface area (Å²) in [6.07, 6.45) is 2.00. The van der Waals surface area contributed by atoms with Gasteiger partial charge in [0.2, 0.25) is 0 Å². The van der Waals surface area contributed by atoms with Crippen molar-refractivity contribution in [2.24, 2.45) is 0 Å². The van der Waals surface area contributed by atoms with Gasteiger partial charge in [-0.2, -0.15) is 5.10 Å². The van der Waals surface area contributed by atoms with Crippen molar-refractivity contribution in [3.05, 3.63) is 62.9 Å². The number of piperazine rings is 1. The maximum absolute atomic E-state index is 5.98. The number of pyridine rings is 1. The Morgan fingerprint density at radius 3 is 2.50 bits per heavy atom. The van der Waals surface area contributed by atoms with Gasteiger partial charge in [0, 0.05) is 49.0 Å². The Balaban J connectivity index is 1.42. The van der Waals surface area contributed by atoms with Gasteiger partial charge in [-0.3, -0.25) is 4.90 Å². The minimum atomic E-state index is 0.792. The van der Waals surface area contributed by atoms with Crippen molar-refractivity contribution in [2.75, 3.05) is 31.1 Å². The van der Waals surface area contributed by atoms with Crippen LogP contribution in [0.1, 0.15) is 5.56 Å². The Morgan fingerprint density at radius 1 is 1.00 bits per heavy atom. The quantitative estimate of drug-likeness (QED) is 0.441. The van der Waals surface area contributed by atoms with Crippen LogP contribution in [-0.2, 0) is 6.54 Å². The molecule has 124 valence electrons. The van der Waals surface area contributed by atoms with E-state index in [1.165, 1.54) is 16.8 Å². The molecule has 6 heteroatoms. The van der Waals surface area contributed by atoms with Crippen molar-refractivity contribution >= 4 is 45.4 Å². The lowest BCUT2D eigenvalue weighted by molar-refractivity contribution is 0.250. The molecule has 1 aliphatic heterocycles. The van der Waals surface area contributed by atoms with Gasteiger partial charge in [0.1, 0.15) is 3.70 Å². The molecule has 0 unspecified atom stereocenters. The Kier molecular flexibility index (Phi) is 4.65. The SMILES string of the molecule is Clc1ccc(N2CCN(Cc3cnn4c([131I])cccc34)CC2)cc1. The normalized spacial score (nSPS) is 16.0. The fourth-order valence-electron chi connectivity index (χ4n) is 3.21. The number of aromatic nitrogens is 2. The number of benzene rings is 1. The van der Waals surface area contributed by atoms with E-state index in [1.54, 1.807) is 0 Å². The average Bonchev–Trinajstić information content (AvgIpc) is 3.01. The average molecular weight is 457 g/mol. The zero-order valence-electron chi connectivity index (χ0n) is 13.2. The van der Waals surface area contributed by atoms with Gasteiger partial charge in [-0.25, -0.2) is 4.52 Å². The van der Waals surface area contributed by atoms with Crippen molar-refractivity contribution in [2.45, 2.75) is 6.54 Å². The third-order valence-corrected chi connectivity index (χ3v) is 5.60. The van der Waals surface area contributed by atoms with Gasteiger partial charge in [0.15, 0.2) is 0 Å². The molecule has 4 rings (SSSR count). The van der Waals surface area contributed by atoms with Gasteiger partial charge in [0.05, 0.1) is 11.7 Å². The first-order chi connectivity index (χ1) is 11.7. The van der Waals surface area contributed by atoms with Crippen LogP contribution in [-0.4, -0.2) is 40.7 Å². The maximum Gasteiger partial charge on any atom is 0.103 e. The first-order valence-corrected chi connectivity index (χ1v) is 9.50. The summed E-state index contributed by atoms with van der Waals surface area (Å²) in [5.41, 5.74) is 3.76. The number of hydrogen-bond donors (Lipinski definition) is 0. The van der Waals surface area contributed by atoms with E-state index in [1.807, 2.05) is 22.8 Å². The summed E-state index contributed by atoms with van der Waals surface area (Å²) in [4.78, 5) is 4.93. The fraction of sp³-hybridized carbons (Fsp3) is 0.278. The molecule has 0 N–H and O–H groups in total. The predicted molar refractivity (Wildman–Crippen MR) is 107 cm³/mol. The van der Waals surface area contributed by atoms with E-state index in [0.29, 0.717) is 0 Å². The molecule has 0 radical (unpaired) electrons. The molecule has 1 saturated heterocycles. The molecule has 3 heterocycles. The van der Waals surface area contributed by atoms with Crippen LogP contribution >= 0.6 is 34.2 Å². The number of hydrogen-bond acceptors (Lipinski definition) is 3. The van der Waals surface area contributed by atoms with Gasteiger partial charge < -0.3 is 4.90 Å². The molecule has 0 atom stereocenters. The summed E-state index contributed by atoms with van der Waals surface area (Å²) in [6, 6.07) is 14.5. The van der Waals surface area contributed by atoms with E-state index < -0.39 is 0 Å². The van der Waals surface area contributed by atoms with Crippen LogP contribution in [0.25, 0.3) is 5.52 Å². The van der Waals surface area contributed by atoms with Gasteiger partial charge in [0.25, 0.3) is 0 Å². The first kappa shape index (κ1) is 16.2. The van der Waals surface area contributed by atoms with Gasteiger partial charge >= 0.3 is 0 Å². The molecule has 0 saturated carbocycles. The first-order valence-electron chi connectivity index (χ1n) is 8.05. The number of rotatable bonds is 3. The largest absolute Gasteiger partial charge is 0.369 e. The maximum atomic E-state index is 5.98. The summed E-state index contributed by atoms with van der Waals surface area (Å²) >= 11 is 8.30. The molecular formula is C18H18ClIN4. The zero-order valence-corrected chi connectivity index (χ0v) is 16.1. The molecule has 2 aromatic heterocycles. The molecule has 0 amide bonds. The van der Waals surface area contributed by atoms with Crippen LogP contribution < -0.4 is 4.90 Å². The lowest BCUT2D eigenvalue weighted by Gasteiger charge is -2.36. The highest BCUT2D eigenvalue weighted by molar-refractivity contribution is 14.1. The highest BCUT2D eigenvalue weighted by atomic mass is 131. The van der Waals surface area contributed by atoms with Gasteiger partial charge in [-0.05, 0) is 59.0 Å². The van der Waals surface area contributed by atoms with E-state index >= 15 is 0 Å². The number of fused-ring (bicyclic) bond motifs is 1. The van der Waals surface area contributed by atoms with Crippen molar-refractivity contribution in [3.63, 3.8) is 0 Å². The summed E-state index contributed by atoms with van der Waals surface area (Å²) in [5, 5.41) is 5.31. The highest BCUT2D eigenvalue weighted by Crippen LogP contribution is 2.21. The molecule has 1 fully saturated rings. The smallest absolute Gasteiger partial charge is 0.103 e. The molecule has 3 aromatic rings. The molecule has 1 aliphatic rings. The van der Waals surface area contributed by atoms with Crippen LogP contribution in [0.15, 0.2) is 48.7 Å². The van der Waals surface area contributed by atoms with Crippen LogP contribution in [0.3, 0.4) is 0 Å². The van der Waals surface area contributed by atoms with E-state index in [0.717, 1.165) is 41.4 Å². The predicted octanol–water partition coefficient (Wildman–Crippen LogP) is 3.91. The van der Waals surface area contributed by atoms with Gasteiger partial charge in [-0.15, -0.1) is 0 Å². The third kappa shape index (κ3) is 3.25. The van der Waals surface area contributed by atoms with E-state index in [-0.39, 0.29) is 0 Å². The summed E-state index contributed by atoms with van der Waals surface area (Å²) in [5.74, 6) is 0. The summed E-state index contributed by atoms with van der Waals surface area (Å²) in [7, 11) is 0. The Morgan fingerprint density at radius 2 is 1.75 bits per heavy atom. The topological polar surface area (TPSA) is 23.8 Å². The van der Waals surface area contributed by atoms with Crippen LogP contribution in [0.2, 0.25) is 5.02 Å². The monoisotopic (exact) mass is 456 g/mol. The molecule has 0 aliphatic carbocycles. The van der Waals surface area contributed by atoms with Crippen molar-refractivity contribution in [1.82, 2.24) is 14.5 Å². The third-order valence-electron chi connectivity index (χ3n) is 4.53. The fourth-order valence-corrected chi connectivity index (χ4v) is 3.93. The van der Waals surface area contributed by atoms with Crippen molar-refractivity contribution in [1.29, 1.82) is 0 Å². The Labute approximate surface area is 160 Å². The summed E-state index contributed by atoms with van der Waals surface area (Å²) in [6.45, 7) is 5.16. The molecule has 0 spiro atoms. The number of nitrogens with zero attached hydrogens (tertiary/aromatic N) is 4. The Bertz CT molecular complexity index is 838. The molecule has 1 aromatic carbocycles. The standard InChI is InChI=1S/C18H18ClIN4/c19-15-4-6-16(7-5-15)23-10-8-22(9-11-23)13-14-12-21-24-17(14)2-1-3-18(24)20/h1-7,12H,8-11,13H2/i20+4.